The minimum absolute atomic E-state index is 0.0351. The highest BCUT2D eigenvalue weighted by Crippen LogP contribution is 2.31. The second-order valence-corrected chi connectivity index (χ2v) is 5.75. The molecule has 0 saturated carbocycles. The Morgan fingerprint density at radius 1 is 1.23 bits per heavy atom. The molecule has 0 aliphatic rings. The summed E-state index contributed by atoms with van der Waals surface area (Å²) < 4.78 is 5.43. The fourth-order valence-electron chi connectivity index (χ4n) is 2.74. The van der Waals surface area contributed by atoms with Gasteiger partial charge < -0.3 is 14.6 Å². The van der Waals surface area contributed by atoms with Crippen molar-refractivity contribution < 1.29 is 9.53 Å². The van der Waals surface area contributed by atoms with Crippen molar-refractivity contribution >= 4 is 5.91 Å². The van der Waals surface area contributed by atoms with Crippen molar-refractivity contribution in [2.24, 2.45) is 0 Å². The molecule has 1 heterocycles. The zero-order valence-corrected chi connectivity index (χ0v) is 13.8. The Bertz CT molecular complexity index is 625. The summed E-state index contributed by atoms with van der Waals surface area (Å²) >= 11 is 0. The SMILES string of the molecule is COc1cccc(-c2cnc[nH]2)c1C(=O)N(C(C)C)C(C)C. The Balaban J connectivity index is 2.60. The van der Waals surface area contributed by atoms with Crippen molar-refractivity contribution in [3.8, 4) is 17.0 Å². The number of hydrogen-bond donors (Lipinski definition) is 1. The quantitative estimate of drug-likeness (QED) is 0.921. The number of imidazole rings is 1. The van der Waals surface area contributed by atoms with Crippen LogP contribution in [0.25, 0.3) is 11.3 Å². The molecule has 1 N–H and O–H groups in total. The lowest BCUT2D eigenvalue weighted by molar-refractivity contribution is 0.0641. The van der Waals surface area contributed by atoms with E-state index in [-0.39, 0.29) is 18.0 Å². The van der Waals surface area contributed by atoms with Gasteiger partial charge in [0.05, 0.1) is 30.9 Å². The third-order valence-electron chi connectivity index (χ3n) is 3.60. The van der Waals surface area contributed by atoms with Gasteiger partial charge in [-0.15, -0.1) is 0 Å². The molecule has 0 saturated heterocycles. The smallest absolute Gasteiger partial charge is 0.258 e. The average molecular weight is 301 g/mol. The van der Waals surface area contributed by atoms with Gasteiger partial charge in [0.25, 0.3) is 5.91 Å². The van der Waals surface area contributed by atoms with Gasteiger partial charge in [-0.2, -0.15) is 0 Å². The molecular weight excluding hydrogens is 278 g/mol. The Labute approximate surface area is 131 Å². The molecule has 1 amide bonds. The average Bonchev–Trinajstić information content (AvgIpc) is 2.99. The van der Waals surface area contributed by atoms with Crippen LogP contribution in [0.4, 0.5) is 0 Å². The second-order valence-electron chi connectivity index (χ2n) is 5.75. The minimum atomic E-state index is -0.0351. The molecule has 0 spiro atoms. The maximum absolute atomic E-state index is 13.1. The van der Waals surface area contributed by atoms with Crippen molar-refractivity contribution in [1.29, 1.82) is 0 Å². The van der Waals surface area contributed by atoms with Crippen molar-refractivity contribution in [3.63, 3.8) is 0 Å². The molecule has 0 unspecified atom stereocenters. The molecule has 0 radical (unpaired) electrons. The number of carbonyl (C=O) groups is 1. The van der Waals surface area contributed by atoms with Gasteiger partial charge in [-0.05, 0) is 33.8 Å². The maximum Gasteiger partial charge on any atom is 0.258 e. The molecule has 5 nitrogen and oxygen atoms in total. The van der Waals surface area contributed by atoms with Crippen molar-refractivity contribution in [2.45, 2.75) is 39.8 Å². The van der Waals surface area contributed by atoms with E-state index in [9.17, 15) is 4.79 Å². The molecule has 0 fully saturated rings. The van der Waals surface area contributed by atoms with E-state index in [1.165, 1.54) is 0 Å². The molecule has 1 aromatic heterocycles. The van der Waals surface area contributed by atoms with Crippen LogP contribution in [0.2, 0.25) is 0 Å². The summed E-state index contributed by atoms with van der Waals surface area (Å²) in [6.45, 7) is 8.07. The van der Waals surface area contributed by atoms with E-state index in [1.807, 2.05) is 50.8 Å². The fourth-order valence-corrected chi connectivity index (χ4v) is 2.74. The molecule has 1 aromatic carbocycles. The highest BCUT2D eigenvalue weighted by Gasteiger charge is 2.27. The molecule has 0 atom stereocenters. The van der Waals surface area contributed by atoms with E-state index >= 15 is 0 Å². The van der Waals surface area contributed by atoms with E-state index in [4.69, 9.17) is 4.74 Å². The number of aromatic amines is 1. The first-order chi connectivity index (χ1) is 10.5. The van der Waals surface area contributed by atoms with Gasteiger partial charge in [0.1, 0.15) is 5.75 Å². The molecule has 0 bridgehead atoms. The van der Waals surface area contributed by atoms with E-state index in [1.54, 1.807) is 19.6 Å². The number of H-pyrrole nitrogens is 1. The molecule has 0 aliphatic heterocycles. The molecule has 0 aliphatic carbocycles. The van der Waals surface area contributed by atoms with E-state index in [0.29, 0.717) is 11.3 Å². The molecule has 2 aromatic rings. The predicted molar refractivity (Wildman–Crippen MR) is 87.0 cm³/mol. The van der Waals surface area contributed by atoms with Gasteiger partial charge in [-0.3, -0.25) is 4.79 Å². The van der Waals surface area contributed by atoms with Gasteiger partial charge in [0, 0.05) is 17.6 Å². The molecule has 5 heteroatoms. The number of nitrogens with zero attached hydrogens (tertiary/aromatic N) is 2. The Morgan fingerprint density at radius 2 is 1.91 bits per heavy atom. The summed E-state index contributed by atoms with van der Waals surface area (Å²) in [6.07, 6.45) is 3.31. The van der Waals surface area contributed by atoms with Crippen LogP contribution < -0.4 is 4.74 Å². The first kappa shape index (κ1) is 16.1. The minimum Gasteiger partial charge on any atom is -0.496 e. The van der Waals surface area contributed by atoms with Gasteiger partial charge in [0.2, 0.25) is 0 Å². The normalized spacial score (nSPS) is 11.0. The van der Waals surface area contributed by atoms with Crippen LogP contribution in [0.1, 0.15) is 38.1 Å². The number of carbonyl (C=O) groups excluding carboxylic acids is 1. The number of benzene rings is 1. The van der Waals surface area contributed by atoms with Crippen LogP contribution in [0.3, 0.4) is 0 Å². The van der Waals surface area contributed by atoms with Gasteiger partial charge in [-0.1, -0.05) is 12.1 Å². The lowest BCUT2D eigenvalue weighted by atomic mass is 10.0. The summed E-state index contributed by atoms with van der Waals surface area (Å²) in [7, 11) is 1.58. The second kappa shape index (κ2) is 6.64. The summed E-state index contributed by atoms with van der Waals surface area (Å²) in [5, 5.41) is 0. The van der Waals surface area contributed by atoms with Crippen LogP contribution >= 0.6 is 0 Å². The lowest BCUT2D eigenvalue weighted by Gasteiger charge is -2.32. The molecule has 118 valence electrons. The first-order valence-corrected chi connectivity index (χ1v) is 7.45. The monoisotopic (exact) mass is 301 g/mol. The van der Waals surface area contributed by atoms with Crippen molar-refractivity contribution in [1.82, 2.24) is 14.9 Å². The van der Waals surface area contributed by atoms with E-state index in [2.05, 4.69) is 9.97 Å². The summed E-state index contributed by atoms with van der Waals surface area (Å²) in [5.74, 6) is 0.537. The number of ether oxygens (including phenoxy) is 1. The summed E-state index contributed by atoms with van der Waals surface area (Å²) in [4.78, 5) is 22.1. The number of nitrogens with one attached hydrogen (secondary N) is 1. The molecular formula is C17H23N3O2. The predicted octanol–water partition coefficient (Wildman–Crippen LogP) is 3.34. The van der Waals surface area contributed by atoms with Crippen LogP contribution in [0.5, 0.6) is 5.75 Å². The third-order valence-corrected chi connectivity index (χ3v) is 3.60. The zero-order chi connectivity index (χ0) is 16.3. The largest absolute Gasteiger partial charge is 0.496 e. The van der Waals surface area contributed by atoms with E-state index < -0.39 is 0 Å². The van der Waals surface area contributed by atoms with Gasteiger partial charge in [0.15, 0.2) is 0 Å². The molecule has 22 heavy (non-hydrogen) atoms. The van der Waals surface area contributed by atoms with Crippen LogP contribution in [0.15, 0.2) is 30.7 Å². The Hall–Kier alpha value is -2.30. The van der Waals surface area contributed by atoms with Crippen LogP contribution in [0, 0.1) is 0 Å². The maximum atomic E-state index is 13.1. The highest BCUT2D eigenvalue weighted by atomic mass is 16.5. The van der Waals surface area contributed by atoms with Crippen LogP contribution in [-0.4, -0.2) is 40.0 Å². The summed E-state index contributed by atoms with van der Waals surface area (Å²) in [5.41, 5.74) is 2.17. The number of hydrogen-bond acceptors (Lipinski definition) is 3. The topological polar surface area (TPSA) is 58.2 Å². The van der Waals surface area contributed by atoms with E-state index in [0.717, 1.165) is 11.3 Å². The fraction of sp³-hybridized carbons (Fsp3) is 0.412. The van der Waals surface area contributed by atoms with Crippen molar-refractivity contribution in [2.75, 3.05) is 7.11 Å². The number of rotatable bonds is 5. The number of methoxy groups -OCH3 is 1. The Kier molecular flexibility index (Phi) is 4.85. The van der Waals surface area contributed by atoms with Crippen LogP contribution in [-0.2, 0) is 0 Å². The molecule has 2 rings (SSSR count). The lowest BCUT2D eigenvalue weighted by Crippen LogP contribution is -2.42. The number of aromatic nitrogens is 2. The summed E-state index contributed by atoms with van der Waals surface area (Å²) in [6, 6.07) is 5.80. The van der Waals surface area contributed by atoms with Gasteiger partial charge in [-0.25, -0.2) is 4.98 Å². The standard InChI is InChI=1S/C17H23N3O2/c1-11(2)20(12(3)4)17(21)16-13(14-9-18-10-19-14)7-6-8-15(16)22-5/h6-12H,1-5H3,(H,18,19). The highest BCUT2D eigenvalue weighted by molar-refractivity contribution is 6.03. The zero-order valence-electron chi connectivity index (χ0n) is 13.8. The first-order valence-electron chi connectivity index (χ1n) is 7.45. The third kappa shape index (κ3) is 2.98. The van der Waals surface area contributed by atoms with Crippen molar-refractivity contribution in [3.05, 3.63) is 36.3 Å². The number of amides is 1. The van der Waals surface area contributed by atoms with Gasteiger partial charge >= 0.3 is 0 Å². The Morgan fingerprint density at radius 3 is 2.41 bits per heavy atom.